The summed E-state index contributed by atoms with van der Waals surface area (Å²) in [7, 11) is 0. The van der Waals surface area contributed by atoms with Crippen molar-refractivity contribution in [3.8, 4) is 5.69 Å². The van der Waals surface area contributed by atoms with E-state index in [1.54, 1.807) is 41.2 Å². The highest BCUT2D eigenvalue weighted by molar-refractivity contribution is 14.1. The Bertz CT molecular complexity index is 836. The molecule has 0 saturated carbocycles. The minimum Gasteiger partial charge on any atom is -0.241 e. The molecular formula is C15H10ClF3IN3. The predicted octanol–water partition coefficient (Wildman–Crippen LogP) is 4.82. The van der Waals surface area contributed by atoms with E-state index in [1.807, 2.05) is 0 Å². The molecular weight excluding hydrogens is 442 g/mol. The highest BCUT2D eigenvalue weighted by Crippen LogP contribution is 2.28. The van der Waals surface area contributed by atoms with Gasteiger partial charge in [-0.25, -0.2) is 22.8 Å². The summed E-state index contributed by atoms with van der Waals surface area (Å²) >= 11 is 8.24. The lowest BCUT2D eigenvalue weighted by Gasteiger charge is -2.08. The smallest absolute Gasteiger partial charge is 0.241 e. The number of hydrogen-bond donors (Lipinski definition) is 0. The van der Waals surface area contributed by atoms with Crippen LogP contribution in [0.5, 0.6) is 0 Å². The Balaban J connectivity index is 1.96. The summed E-state index contributed by atoms with van der Waals surface area (Å²) in [4.78, 5) is 4.29. The van der Waals surface area contributed by atoms with E-state index in [4.69, 9.17) is 11.6 Å². The molecule has 0 bridgehead atoms. The zero-order valence-corrected chi connectivity index (χ0v) is 14.5. The predicted molar refractivity (Wildman–Crippen MR) is 91.2 cm³/mol. The molecule has 0 aliphatic carbocycles. The first-order valence-electron chi connectivity index (χ1n) is 6.67. The number of halogens is 5. The van der Waals surface area contributed by atoms with Gasteiger partial charge in [-0.15, -0.1) is 0 Å². The molecule has 0 saturated heterocycles. The number of hydrogen-bond acceptors (Lipinski definition) is 2. The average Bonchev–Trinajstić information content (AvgIpc) is 2.86. The van der Waals surface area contributed by atoms with E-state index in [9.17, 15) is 13.2 Å². The third-order valence-electron chi connectivity index (χ3n) is 3.36. The number of nitrogens with zero attached hydrogens (tertiary/aromatic N) is 3. The largest absolute Gasteiger partial charge is 0.269 e. The van der Waals surface area contributed by atoms with Gasteiger partial charge in [0.1, 0.15) is 3.70 Å². The molecule has 1 unspecified atom stereocenters. The molecule has 0 spiro atoms. The summed E-state index contributed by atoms with van der Waals surface area (Å²) in [6.45, 7) is 0. The van der Waals surface area contributed by atoms with E-state index in [1.165, 1.54) is 0 Å². The van der Waals surface area contributed by atoms with E-state index >= 15 is 0 Å². The lowest BCUT2D eigenvalue weighted by Crippen LogP contribution is -2.14. The summed E-state index contributed by atoms with van der Waals surface area (Å²) in [5.41, 5.74) is 1.80. The van der Waals surface area contributed by atoms with Gasteiger partial charge in [-0.3, -0.25) is 0 Å². The fraction of sp³-hybridized carbons (Fsp3) is 0.200. The Morgan fingerprint density at radius 3 is 2.48 bits per heavy atom. The zero-order valence-electron chi connectivity index (χ0n) is 11.6. The summed E-state index contributed by atoms with van der Waals surface area (Å²) in [5.74, 6) is 0. The van der Waals surface area contributed by atoms with E-state index < -0.39 is 12.6 Å². The van der Waals surface area contributed by atoms with Crippen molar-refractivity contribution in [3.05, 3.63) is 50.8 Å². The quantitative estimate of drug-likeness (QED) is 0.532. The van der Waals surface area contributed by atoms with Crippen LogP contribution in [0.25, 0.3) is 16.7 Å². The first kappa shape index (κ1) is 16.5. The van der Waals surface area contributed by atoms with E-state index in [-0.39, 0.29) is 6.42 Å². The summed E-state index contributed by atoms with van der Waals surface area (Å²) in [6.07, 6.45) is -3.87. The molecule has 2 aromatic heterocycles. The molecule has 23 heavy (non-hydrogen) atoms. The number of fused-ring (bicyclic) bond motifs is 1. The van der Waals surface area contributed by atoms with Crippen molar-refractivity contribution in [2.24, 2.45) is 0 Å². The molecule has 0 aliphatic rings. The molecule has 3 nitrogen and oxygen atoms in total. The van der Waals surface area contributed by atoms with Crippen LogP contribution in [0.4, 0.5) is 13.2 Å². The van der Waals surface area contributed by atoms with Crippen LogP contribution < -0.4 is 0 Å². The van der Waals surface area contributed by atoms with Gasteiger partial charge >= 0.3 is 0 Å². The maximum atomic E-state index is 13.1. The molecule has 1 aromatic carbocycles. The molecule has 0 amide bonds. The standard InChI is InChI=1S/C15H10ClF3IN3/c16-10-5-6-21-15-12(10)14(20)22-23(15)9-3-1-8(2-4-9)7-11(17)13(18)19/h1-6,11,13H,7H2. The second kappa shape index (κ2) is 6.64. The normalized spacial score (nSPS) is 13.0. The van der Waals surface area contributed by atoms with Crippen molar-refractivity contribution < 1.29 is 13.2 Å². The van der Waals surface area contributed by atoms with Crippen molar-refractivity contribution in [1.82, 2.24) is 14.8 Å². The van der Waals surface area contributed by atoms with Crippen LogP contribution in [0.1, 0.15) is 5.56 Å². The first-order valence-corrected chi connectivity index (χ1v) is 8.13. The van der Waals surface area contributed by atoms with Crippen molar-refractivity contribution in [1.29, 1.82) is 0 Å². The van der Waals surface area contributed by atoms with Crippen LogP contribution in [-0.2, 0) is 6.42 Å². The van der Waals surface area contributed by atoms with Crippen LogP contribution in [0.2, 0.25) is 5.02 Å². The van der Waals surface area contributed by atoms with Gasteiger partial charge in [-0.05, 0) is 46.4 Å². The molecule has 2 heterocycles. The summed E-state index contributed by atoms with van der Waals surface area (Å²) in [5, 5.41) is 5.71. The van der Waals surface area contributed by atoms with Gasteiger partial charge in [0.05, 0.1) is 16.1 Å². The minimum atomic E-state index is -2.97. The van der Waals surface area contributed by atoms with Gasteiger partial charge in [0, 0.05) is 12.6 Å². The molecule has 3 aromatic rings. The van der Waals surface area contributed by atoms with Gasteiger partial charge in [0.15, 0.2) is 11.8 Å². The van der Waals surface area contributed by atoms with Gasteiger partial charge in [0.2, 0.25) is 0 Å². The second-order valence-corrected chi connectivity index (χ2v) is 6.34. The van der Waals surface area contributed by atoms with Crippen LogP contribution >= 0.6 is 34.2 Å². The van der Waals surface area contributed by atoms with Gasteiger partial charge in [-0.2, -0.15) is 5.10 Å². The van der Waals surface area contributed by atoms with Gasteiger partial charge < -0.3 is 0 Å². The maximum Gasteiger partial charge on any atom is 0.269 e. The van der Waals surface area contributed by atoms with Crippen molar-refractivity contribution in [3.63, 3.8) is 0 Å². The number of benzene rings is 1. The van der Waals surface area contributed by atoms with E-state index in [0.717, 1.165) is 5.39 Å². The highest BCUT2D eigenvalue weighted by atomic mass is 127. The zero-order chi connectivity index (χ0) is 16.6. The van der Waals surface area contributed by atoms with Crippen molar-refractivity contribution in [2.75, 3.05) is 0 Å². The monoisotopic (exact) mass is 451 g/mol. The third kappa shape index (κ3) is 3.30. The Kier molecular flexibility index (Phi) is 4.77. The molecule has 120 valence electrons. The van der Waals surface area contributed by atoms with Crippen LogP contribution in [-0.4, -0.2) is 27.4 Å². The topological polar surface area (TPSA) is 30.7 Å². The molecule has 8 heteroatoms. The Labute approximate surface area is 148 Å². The molecule has 0 N–H and O–H groups in total. The molecule has 0 radical (unpaired) electrons. The third-order valence-corrected chi connectivity index (χ3v) is 4.43. The average molecular weight is 452 g/mol. The van der Waals surface area contributed by atoms with Gasteiger partial charge in [0.25, 0.3) is 6.43 Å². The van der Waals surface area contributed by atoms with Gasteiger partial charge in [-0.1, -0.05) is 23.7 Å². The lowest BCUT2D eigenvalue weighted by atomic mass is 10.1. The SMILES string of the molecule is FC(F)C(F)Cc1ccc(-n2nc(I)c3c(Cl)ccnc32)cc1. The lowest BCUT2D eigenvalue weighted by molar-refractivity contribution is 0.0503. The first-order chi connectivity index (χ1) is 11.0. The minimum absolute atomic E-state index is 0.320. The fourth-order valence-electron chi connectivity index (χ4n) is 2.23. The van der Waals surface area contributed by atoms with Crippen LogP contribution in [0.3, 0.4) is 0 Å². The van der Waals surface area contributed by atoms with Crippen molar-refractivity contribution >= 4 is 45.2 Å². The molecule has 1 atom stereocenters. The van der Waals surface area contributed by atoms with E-state index in [2.05, 4.69) is 32.7 Å². The number of aromatic nitrogens is 3. The Morgan fingerprint density at radius 1 is 1.13 bits per heavy atom. The number of alkyl halides is 3. The fourth-order valence-corrected chi connectivity index (χ4v) is 3.37. The summed E-state index contributed by atoms with van der Waals surface area (Å²) < 4.78 is 40.0. The Morgan fingerprint density at radius 2 is 1.83 bits per heavy atom. The van der Waals surface area contributed by atoms with E-state index in [0.29, 0.717) is 25.6 Å². The number of pyridine rings is 1. The highest BCUT2D eigenvalue weighted by Gasteiger charge is 2.19. The second-order valence-electron chi connectivity index (χ2n) is 4.92. The molecule has 3 rings (SSSR count). The van der Waals surface area contributed by atoms with Crippen LogP contribution in [0, 0.1) is 3.70 Å². The Hall–Kier alpha value is -1.35. The maximum absolute atomic E-state index is 13.1. The molecule has 0 aliphatic heterocycles. The number of rotatable bonds is 4. The molecule has 0 fully saturated rings. The van der Waals surface area contributed by atoms with Crippen molar-refractivity contribution in [2.45, 2.75) is 19.0 Å². The summed E-state index contributed by atoms with van der Waals surface area (Å²) in [6, 6.07) is 8.29. The van der Waals surface area contributed by atoms with Crippen LogP contribution in [0.15, 0.2) is 36.5 Å².